The first-order chi connectivity index (χ1) is 15.9. The Kier molecular flexibility index (Phi) is 6.77. The zero-order valence-corrected chi connectivity index (χ0v) is 19.6. The lowest BCUT2D eigenvalue weighted by molar-refractivity contribution is -0.145. The lowest BCUT2D eigenvalue weighted by atomic mass is 9.99. The van der Waals surface area contributed by atoms with Gasteiger partial charge in [0.25, 0.3) is 11.8 Å². The van der Waals surface area contributed by atoms with Crippen LogP contribution in [0.5, 0.6) is 0 Å². The van der Waals surface area contributed by atoms with E-state index in [2.05, 4.69) is 13.8 Å². The average molecular weight is 446 g/mol. The highest BCUT2D eigenvalue weighted by molar-refractivity contribution is 6.23. The van der Waals surface area contributed by atoms with E-state index in [1.54, 1.807) is 19.1 Å². The summed E-state index contributed by atoms with van der Waals surface area (Å²) in [6.07, 6.45) is 4.58. The van der Waals surface area contributed by atoms with Crippen molar-refractivity contribution in [1.29, 1.82) is 0 Å². The fourth-order valence-corrected chi connectivity index (χ4v) is 4.52. The third-order valence-electron chi connectivity index (χ3n) is 6.56. The van der Waals surface area contributed by atoms with Crippen LogP contribution in [0, 0.1) is 5.92 Å². The van der Waals surface area contributed by atoms with E-state index >= 15 is 0 Å². The second kappa shape index (κ2) is 9.74. The van der Waals surface area contributed by atoms with Crippen LogP contribution >= 0.6 is 0 Å². The molecule has 3 aromatic carbocycles. The molecule has 5 heteroatoms. The Labute approximate surface area is 194 Å². The topological polar surface area (TPSA) is 63.7 Å². The minimum atomic E-state index is -0.527. The van der Waals surface area contributed by atoms with E-state index in [1.807, 2.05) is 36.4 Å². The van der Waals surface area contributed by atoms with Gasteiger partial charge in [0.2, 0.25) is 0 Å². The Balaban J connectivity index is 1.44. The lowest BCUT2D eigenvalue weighted by Crippen LogP contribution is -2.41. The molecule has 0 fully saturated rings. The summed E-state index contributed by atoms with van der Waals surface area (Å²) in [4.78, 5) is 39.6. The molecule has 1 heterocycles. The molecule has 0 saturated heterocycles. The highest BCUT2D eigenvalue weighted by Crippen LogP contribution is 2.31. The Hall–Kier alpha value is -3.21. The molecule has 1 aliphatic rings. The van der Waals surface area contributed by atoms with Gasteiger partial charge in [-0.15, -0.1) is 0 Å². The molecule has 1 aliphatic heterocycles. The highest BCUT2D eigenvalue weighted by Gasteiger charge is 2.39. The molecule has 2 atom stereocenters. The normalized spacial score (nSPS) is 15.2. The maximum absolute atomic E-state index is 13.1. The number of nitrogens with zero attached hydrogens (tertiary/aromatic N) is 1. The SMILES string of the molecule is CCCC[C@@H](C)CCC(=O)OC[C@H](C)N1C(=O)c2cc3cc4ccccc4cc3cc2C1=O. The molecule has 0 N–H and O–H groups in total. The average Bonchev–Trinajstić information content (AvgIpc) is 3.06. The van der Waals surface area contributed by atoms with E-state index in [0.29, 0.717) is 23.5 Å². The second-order valence-electron chi connectivity index (χ2n) is 9.24. The van der Waals surface area contributed by atoms with Crippen molar-refractivity contribution < 1.29 is 19.1 Å². The third kappa shape index (κ3) is 4.77. The van der Waals surface area contributed by atoms with Crippen LogP contribution in [0.4, 0.5) is 0 Å². The van der Waals surface area contributed by atoms with Crippen LogP contribution in [0.1, 0.15) is 73.6 Å². The number of hydrogen-bond acceptors (Lipinski definition) is 4. The Morgan fingerprint density at radius 2 is 1.45 bits per heavy atom. The number of esters is 1. The molecule has 0 saturated carbocycles. The first kappa shape index (κ1) is 23.0. The predicted octanol–water partition coefficient (Wildman–Crippen LogP) is 6.13. The van der Waals surface area contributed by atoms with Gasteiger partial charge in [-0.25, -0.2) is 0 Å². The zero-order chi connectivity index (χ0) is 23.5. The van der Waals surface area contributed by atoms with E-state index in [4.69, 9.17) is 4.74 Å². The van der Waals surface area contributed by atoms with Crippen molar-refractivity contribution in [1.82, 2.24) is 4.90 Å². The number of carbonyl (C=O) groups is 3. The van der Waals surface area contributed by atoms with Crippen LogP contribution in [-0.4, -0.2) is 35.3 Å². The van der Waals surface area contributed by atoms with Crippen molar-refractivity contribution in [2.45, 2.75) is 58.9 Å². The third-order valence-corrected chi connectivity index (χ3v) is 6.56. The van der Waals surface area contributed by atoms with Gasteiger partial charge in [-0.2, -0.15) is 0 Å². The molecule has 33 heavy (non-hydrogen) atoms. The van der Waals surface area contributed by atoms with Crippen LogP contribution < -0.4 is 0 Å². The number of ether oxygens (including phenoxy) is 1. The number of imide groups is 1. The molecule has 3 aromatic rings. The first-order valence-corrected chi connectivity index (χ1v) is 11.9. The summed E-state index contributed by atoms with van der Waals surface area (Å²) in [7, 11) is 0. The molecule has 0 unspecified atom stereocenters. The van der Waals surface area contributed by atoms with Crippen molar-refractivity contribution in [3.63, 3.8) is 0 Å². The molecule has 0 radical (unpaired) electrons. The van der Waals surface area contributed by atoms with Crippen LogP contribution in [0.25, 0.3) is 21.5 Å². The van der Waals surface area contributed by atoms with Crippen molar-refractivity contribution >= 4 is 39.3 Å². The van der Waals surface area contributed by atoms with Gasteiger partial charge in [0, 0.05) is 6.42 Å². The number of hydrogen-bond donors (Lipinski definition) is 0. The number of carbonyl (C=O) groups excluding carboxylic acids is 3. The summed E-state index contributed by atoms with van der Waals surface area (Å²) in [5.74, 6) is -0.459. The molecular weight excluding hydrogens is 414 g/mol. The molecule has 5 nitrogen and oxygen atoms in total. The van der Waals surface area contributed by atoms with E-state index in [9.17, 15) is 14.4 Å². The highest BCUT2D eigenvalue weighted by atomic mass is 16.5. The minimum absolute atomic E-state index is 0.0110. The van der Waals surface area contributed by atoms with Crippen LogP contribution in [0.2, 0.25) is 0 Å². The van der Waals surface area contributed by atoms with Gasteiger partial charge in [-0.1, -0.05) is 57.4 Å². The number of fused-ring (bicyclic) bond motifs is 3. The van der Waals surface area contributed by atoms with E-state index < -0.39 is 6.04 Å². The monoisotopic (exact) mass is 445 g/mol. The van der Waals surface area contributed by atoms with Crippen molar-refractivity contribution in [2.24, 2.45) is 5.92 Å². The van der Waals surface area contributed by atoms with Crippen molar-refractivity contribution in [2.75, 3.05) is 6.61 Å². The van der Waals surface area contributed by atoms with Gasteiger partial charge in [-0.05, 0) is 65.1 Å². The maximum Gasteiger partial charge on any atom is 0.305 e. The van der Waals surface area contributed by atoms with Gasteiger partial charge in [0.05, 0.1) is 17.2 Å². The van der Waals surface area contributed by atoms with Crippen molar-refractivity contribution in [3.05, 3.63) is 59.7 Å². The summed E-state index contributed by atoms with van der Waals surface area (Å²) in [6.45, 7) is 6.06. The predicted molar refractivity (Wildman–Crippen MR) is 130 cm³/mol. The molecule has 172 valence electrons. The van der Waals surface area contributed by atoms with Gasteiger partial charge >= 0.3 is 5.97 Å². The summed E-state index contributed by atoms with van der Waals surface area (Å²) in [5.41, 5.74) is 0.816. The number of amides is 2. The standard InChI is InChI=1S/C28H31NO4/c1-4-5-8-18(2)11-12-26(30)33-17-19(3)29-27(31)24-15-22-13-20-9-6-7-10-21(20)14-23(22)16-25(24)28(29)32/h6-7,9-10,13-16,18-19H,4-5,8,11-12,17H2,1-3H3/t18-,19+/m1/s1. The molecule has 4 rings (SSSR count). The van der Waals surface area contributed by atoms with Gasteiger partial charge in [0.15, 0.2) is 0 Å². The molecular formula is C28H31NO4. The van der Waals surface area contributed by atoms with Crippen LogP contribution in [-0.2, 0) is 9.53 Å². The first-order valence-electron chi connectivity index (χ1n) is 11.9. The molecule has 0 aromatic heterocycles. The molecule has 0 spiro atoms. The van der Waals surface area contributed by atoms with E-state index in [1.165, 1.54) is 4.90 Å². The largest absolute Gasteiger partial charge is 0.463 e. The number of benzene rings is 3. The number of rotatable bonds is 9. The second-order valence-corrected chi connectivity index (χ2v) is 9.24. The van der Waals surface area contributed by atoms with Crippen LogP contribution in [0.3, 0.4) is 0 Å². The van der Waals surface area contributed by atoms with Gasteiger partial charge in [0.1, 0.15) is 6.61 Å². The fraction of sp³-hybridized carbons (Fsp3) is 0.393. The Bertz CT molecular complexity index is 1140. The smallest absolute Gasteiger partial charge is 0.305 e. The summed E-state index contributed by atoms with van der Waals surface area (Å²) in [6, 6.07) is 15.2. The molecule has 0 bridgehead atoms. The zero-order valence-electron chi connectivity index (χ0n) is 19.6. The summed E-state index contributed by atoms with van der Waals surface area (Å²) < 4.78 is 5.41. The molecule has 2 amide bonds. The van der Waals surface area contributed by atoms with Crippen molar-refractivity contribution in [3.8, 4) is 0 Å². The Morgan fingerprint density at radius 1 is 0.879 bits per heavy atom. The quantitative estimate of drug-likeness (QED) is 0.226. The van der Waals surface area contributed by atoms with Gasteiger partial charge in [-0.3, -0.25) is 19.3 Å². The van der Waals surface area contributed by atoms with Gasteiger partial charge < -0.3 is 4.74 Å². The molecule has 0 aliphatic carbocycles. The maximum atomic E-state index is 13.1. The van der Waals surface area contributed by atoms with Crippen LogP contribution in [0.15, 0.2) is 48.5 Å². The number of unbranched alkanes of at least 4 members (excludes halogenated alkanes) is 1. The Morgan fingerprint density at radius 3 is 2.00 bits per heavy atom. The summed E-state index contributed by atoms with van der Waals surface area (Å²) in [5, 5.41) is 4.02. The summed E-state index contributed by atoms with van der Waals surface area (Å²) >= 11 is 0. The minimum Gasteiger partial charge on any atom is -0.463 e. The lowest BCUT2D eigenvalue weighted by Gasteiger charge is -2.22. The fourth-order valence-electron chi connectivity index (χ4n) is 4.52. The van der Waals surface area contributed by atoms with E-state index in [-0.39, 0.29) is 24.4 Å². The van der Waals surface area contributed by atoms with E-state index in [0.717, 1.165) is 47.2 Å².